The maximum atomic E-state index is 12.6. The number of fused-ring (bicyclic) bond motifs is 1. The Morgan fingerprint density at radius 1 is 1.26 bits per heavy atom. The lowest BCUT2D eigenvalue weighted by Crippen LogP contribution is -2.74. The Kier molecular flexibility index (Phi) is 7.16. The molecular weight excluding hydrogens is 440 g/mol. The monoisotopic (exact) mass is 476 g/mol. The molecule has 1 aliphatic heterocycles. The van der Waals surface area contributed by atoms with Gasteiger partial charge in [-0.05, 0) is 31.8 Å². The van der Waals surface area contributed by atoms with Gasteiger partial charge < -0.3 is 24.4 Å². The van der Waals surface area contributed by atoms with Crippen LogP contribution in [0.15, 0.2) is 36.0 Å². The van der Waals surface area contributed by atoms with Gasteiger partial charge in [-0.1, -0.05) is 45.1 Å². The number of carbonyl (C=O) groups is 3. The number of carbonyl (C=O) groups excluding carboxylic acids is 3. The summed E-state index contributed by atoms with van der Waals surface area (Å²) < 4.78 is 16.6. The second-order valence-electron chi connectivity index (χ2n) is 10.3. The number of aliphatic hydroxyl groups excluding tert-OH is 1. The number of aliphatic hydroxyl groups is 2. The molecule has 2 N–H and O–H groups in total. The maximum absolute atomic E-state index is 12.6. The van der Waals surface area contributed by atoms with E-state index < -0.39 is 58.6 Å². The van der Waals surface area contributed by atoms with Gasteiger partial charge in [0.1, 0.15) is 12.2 Å². The third kappa shape index (κ3) is 4.22. The summed E-state index contributed by atoms with van der Waals surface area (Å²) in [5.74, 6) is -2.18. The Hall–Kier alpha value is -2.45. The van der Waals surface area contributed by atoms with Gasteiger partial charge >= 0.3 is 17.9 Å². The summed E-state index contributed by atoms with van der Waals surface area (Å²) in [6.07, 6.45) is 3.31. The zero-order valence-electron chi connectivity index (χ0n) is 20.6. The van der Waals surface area contributed by atoms with E-state index in [2.05, 4.69) is 6.58 Å². The zero-order valence-corrected chi connectivity index (χ0v) is 20.6. The van der Waals surface area contributed by atoms with E-state index in [0.29, 0.717) is 24.8 Å². The van der Waals surface area contributed by atoms with Gasteiger partial charge in [-0.25, -0.2) is 4.79 Å². The molecule has 3 rings (SSSR count). The summed E-state index contributed by atoms with van der Waals surface area (Å²) in [5, 5.41) is 23.3. The average molecular weight is 477 g/mol. The van der Waals surface area contributed by atoms with Crippen LogP contribution in [0.4, 0.5) is 0 Å². The second kappa shape index (κ2) is 9.30. The molecule has 8 heteroatoms. The van der Waals surface area contributed by atoms with Crippen molar-refractivity contribution in [3.63, 3.8) is 0 Å². The molecule has 1 heterocycles. The lowest BCUT2D eigenvalue weighted by Gasteiger charge is -2.65. The summed E-state index contributed by atoms with van der Waals surface area (Å²) in [6, 6.07) is 0. The number of hydrogen-bond acceptors (Lipinski definition) is 8. The van der Waals surface area contributed by atoms with Crippen molar-refractivity contribution in [2.75, 3.05) is 6.61 Å². The molecule has 0 aromatic heterocycles. The molecule has 0 amide bonds. The van der Waals surface area contributed by atoms with Gasteiger partial charge in [0.05, 0.1) is 6.10 Å². The first-order valence-corrected chi connectivity index (χ1v) is 11.8. The van der Waals surface area contributed by atoms with Gasteiger partial charge in [0.2, 0.25) is 0 Å². The fourth-order valence-corrected chi connectivity index (χ4v) is 5.99. The first-order chi connectivity index (χ1) is 15.8. The highest BCUT2D eigenvalue weighted by molar-refractivity contribution is 5.86. The lowest BCUT2D eigenvalue weighted by atomic mass is 9.43. The van der Waals surface area contributed by atoms with E-state index in [1.807, 2.05) is 13.8 Å². The topological polar surface area (TPSA) is 119 Å². The van der Waals surface area contributed by atoms with Crippen LogP contribution in [0.5, 0.6) is 0 Å². The molecule has 34 heavy (non-hydrogen) atoms. The SMILES string of the molecule is C=C1CCC(O)C2C1(C)C(OC(C)=O)C(OC(=O)CCC)C(C)(O)C2(C)C=CC1=CC(=O)OC1. The third-order valence-corrected chi connectivity index (χ3v) is 8.02. The van der Waals surface area contributed by atoms with Gasteiger partial charge in [-0.3, -0.25) is 9.59 Å². The summed E-state index contributed by atoms with van der Waals surface area (Å²) in [7, 11) is 0. The van der Waals surface area contributed by atoms with Crippen LogP contribution in [0.3, 0.4) is 0 Å². The van der Waals surface area contributed by atoms with E-state index in [0.717, 1.165) is 5.57 Å². The molecule has 0 spiro atoms. The van der Waals surface area contributed by atoms with Crippen LogP contribution in [-0.4, -0.2) is 58.6 Å². The molecule has 2 saturated carbocycles. The number of cyclic esters (lactones) is 1. The summed E-state index contributed by atoms with van der Waals surface area (Å²) >= 11 is 0. The van der Waals surface area contributed by atoms with Crippen molar-refractivity contribution < 1.29 is 38.8 Å². The molecule has 0 aromatic rings. The Labute approximate surface area is 200 Å². The largest absolute Gasteiger partial charge is 0.458 e. The smallest absolute Gasteiger partial charge is 0.331 e. The molecular formula is C26H36O8. The average Bonchev–Trinajstić information content (AvgIpc) is 3.16. The first kappa shape index (κ1) is 26.2. The van der Waals surface area contributed by atoms with Crippen molar-refractivity contribution in [1.29, 1.82) is 0 Å². The molecule has 2 aliphatic carbocycles. The van der Waals surface area contributed by atoms with Gasteiger partial charge in [0.25, 0.3) is 0 Å². The number of hydrogen-bond donors (Lipinski definition) is 2. The predicted molar refractivity (Wildman–Crippen MR) is 123 cm³/mol. The summed E-state index contributed by atoms with van der Waals surface area (Å²) in [6.45, 7) is 12.6. The van der Waals surface area contributed by atoms with E-state index in [4.69, 9.17) is 14.2 Å². The maximum Gasteiger partial charge on any atom is 0.331 e. The Balaban J connectivity index is 2.21. The third-order valence-electron chi connectivity index (χ3n) is 8.02. The van der Waals surface area contributed by atoms with Crippen molar-refractivity contribution in [3.8, 4) is 0 Å². The molecule has 0 aromatic carbocycles. The van der Waals surface area contributed by atoms with Gasteiger partial charge in [0.15, 0.2) is 12.2 Å². The minimum atomic E-state index is -1.75. The molecule has 8 nitrogen and oxygen atoms in total. The first-order valence-electron chi connectivity index (χ1n) is 11.8. The molecule has 188 valence electrons. The second-order valence-corrected chi connectivity index (χ2v) is 10.3. The lowest BCUT2D eigenvalue weighted by molar-refractivity contribution is -0.280. The van der Waals surface area contributed by atoms with E-state index >= 15 is 0 Å². The van der Waals surface area contributed by atoms with E-state index in [9.17, 15) is 24.6 Å². The minimum Gasteiger partial charge on any atom is -0.458 e. The molecule has 3 aliphatic rings. The van der Waals surface area contributed by atoms with Crippen LogP contribution in [-0.2, 0) is 28.6 Å². The Bertz CT molecular complexity index is 931. The van der Waals surface area contributed by atoms with Crippen molar-refractivity contribution >= 4 is 17.9 Å². The molecule has 7 atom stereocenters. The molecule has 2 fully saturated rings. The molecule has 0 saturated heterocycles. The Morgan fingerprint density at radius 2 is 1.94 bits per heavy atom. The van der Waals surface area contributed by atoms with Crippen LogP contribution < -0.4 is 0 Å². The molecule has 0 radical (unpaired) electrons. The molecule has 0 bridgehead atoms. The van der Waals surface area contributed by atoms with Crippen LogP contribution in [0.25, 0.3) is 0 Å². The molecule has 7 unspecified atom stereocenters. The van der Waals surface area contributed by atoms with Gasteiger partial charge in [-0.2, -0.15) is 0 Å². The van der Waals surface area contributed by atoms with Crippen molar-refractivity contribution in [3.05, 3.63) is 36.0 Å². The number of rotatable bonds is 6. The standard InChI is InChI=1S/C26H36O8/c1-7-8-19(29)34-23-22(33-16(3)27)25(5)15(2)9-10-18(28)21(25)24(4,26(23,6)31)12-11-17-13-20(30)32-14-17/h11-13,18,21-23,28,31H,2,7-10,14H2,1,3-6H3. The van der Waals surface area contributed by atoms with E-state index in [-0.39, 0.29) is 13.0 Å². The fraction of sp³-hybridized carbons (Fsp3) is 0.654. The van der Waals surface area contributed by atoms with E-state index in [1.54, 1.807) is 19.1 Å². The summed E-state index contributed by atoms with van der Waals surface area (Å²) in [5.41, 5.74) is -2.54. The van der Waals surface area contributed by atoms with Crippen LogP contribution in [0, 0.1) is 16.7 Å². The number of esters is 3. The van der Waals surface area contributed by atoms with Gasteiger partial charge in [0, 0.05) is 36.2 Å². The highest BCUT2D eigenvalue weighted by Gasteiger charge is 2.71. The van der Waals surface area contributed by atoms with Crippen LogP contribution in [0.2, 0.25) is 0 Å². The highest BCUT2D eigenvalue weighted by Crippen LogP contribution is 2.64. The predicted octanol–water partition coefficient (Wildman–Crippen LogP) is 2.77. The van der Waals surface area contributed by atoms with Crippen molar-refractivity contribution in [2.45, 2.75) is 84.2 Å². The zero-order chi connectivity index (χ0) is 25.5. The quantitative estimate of drug-likeness (QED) is 0.341. The van der Waals surface area contributed by atoms with Crippen molar-refractivity contribution in [1.82, 2.24) is 0 Å². The summed E-state index contributed by atoms with van der Waals surface area (Å²) in [4.78, 5) is 36.3. The minimum absolute atomic E-state index is 0.107. The van der Waals surface area contributed by atoms with Crippen molar-refractivity contribution in [2.24, 2.45) is 16.7 Å². The van der Waals surface area contributed by atoms with Crippen LogP contribution in [0.1, 0.15) is 60.3 Å². The highest BCUT2D eigenvalue weighted by atomic mass is 16.6. The van der Waals surface area contributed by atoms with E-state index in [1.165, 1.54) is 19.9 Å². The normalized spacial score (nSPS) is 39.9. The van der Waals surface area contributed by atoms with Gasteiger partial charge in [-0.15, -0.1) is 0 Å². The Morgan fingerprint density at radius 3 is 2.50 bits per heavy atom. The van der Waals surface area contributed by atoms with Crippen LogP contribution >= 0.6 is 0 Å². The number of ether oxygens (including phenoxy) is 3. The fourth-order valence-electron chi connectivity index (χ4n) is 5.99.